The molecule has 1 rings (SSSR count). The van der Waals surface area contributed by atoms with E-state index >= 15 is 0 Å². The van der Waals surface area contributed by atoms with E-state index in [-0.39, 0.29) is 50.3 Å². The minimum Gasteiger partial charge on any atom is -0.394 e. The van der Waals surface area contributed by atoms with E-state index in [9.17, 15) is 8.42 Å². The largest absolute Gasteiger partial charge is 0.394 e. The molecule has 0 saturated heterocycles. The molecule has 0 aliphatic carbocycles. The number of aliphatic hydroxyl groups is 1. The van der Waals surface area contributed by atoms with Crippen LogP contribution in [0, 0.1) is 31.6 Å². The van der Waals surface area contributed by atoms with E-state index in [1.54, 1.807) is 12.1 Å². The minimum absolute atomic E-state index is 0. The van der Waals surface area contributed by atoms with Crippen molar-refractivity contribution in [1.29, 1.82) is 0 Å². The maximum Gasteiger partial charge on any atom is 0.297 e. The summed E-state index contributed by atoms with van der Waals surface area (Å²) in [7, 11) is -3.74. The molecule has 0 amide bonds. The summed E-state index contributed by atoms with van der Waals surface area (Å²) in [5.41, 5.74) is 29.9. The molecule has 22 nitrogen and oxygen atoms in total. The number of hydrogen-bond donors (Lipinski definition) is 2. The number of azide groups is 3. The zero-order chi connectivity index (χ0) is 42.1. The van der Waals surface area contributed by atoms with Crippen LogP contribution in [0.5, 0.6) is 0 Å². The second-order valence-corrected chi connectivity index (χ2v) is 11.3. The number of terminal acetylenes is 2. The van der Waals surface area contributed by atoms with Gasteiger partial charge < -0.3 is 48.7 Å². The van der Waals surface area contributed by atoms with Crippen LogP contribution < -0.4 is 5.73 Å². The van der Waals surface area contributed by atoms with Crippen molar-refractivity contribution in [3.05, 3.63) is 61.2 Å². The first kappa shape index (κ1) is 59.8. The van der Waals surface area contributed by atoms with E-state index < -0.39 is 10.1 Å². The highest BCUT2D eigenvalue weighted by atomic mass is 35.5. The van der Waals surface area contributed by atoms with Crippen LogP contribution in [-0.2, 0) is 52.2 Å². The van der Waals surface area contributed by atoms with E-state index in [0.717, 1.165) is 5.56 Å². The normalized spacial score (nSPS) is 9.70. The lowest BCUT2D eigenvalue weighted by Gasteiger charge is -2.06. The van der Waals surface area contributed by atoms with Crippen LogP contribution >= 0.6 is 12.4 Å². The van der Waals surface area contributed by atoms with Gasteiger partial charge in [-0.2, -0.15) is 8.42 Å². The van der Waals surface area contributed by atoms with Crippen molar-refractivity contribution in [3.63, 3.8) is 0 Å². The first-order valence-electron chi connectivity index (χ1n) is 17.1. The molecule has 324 valence electrons. The number of hydrogen-bond acceptors (Lipinski definition) is 16. The molecule has 0 saturated carbocycles. The molecule has 0 unspecified atom stereocenters. The number of nitrogens with zero attached hydrogens (tertiary/aromatic N) is 9. The number of aryl methyl sites for hydroxylation is 1. The quantitative estimate of drug-likeness (QED) is 0.0263. The van der Waals surface area contributed by atoms with Crippen LogP contribution in [0.2, 0.25) is 0 Å². The third-order valence-electron chi connectivity index (χ3n) is 5.33. The average Bonchev–Trinajstić information content (AvgIpc) is 3.20. The lowest BCUT2D eigenvalue weighted by molar-refractivity contribution is 0.0220. The molecule has 0 bridgehead atoms. The van der Waals surface area contributed by atoms with Crippen LogP contribution in [0.25, 0.3) is 31.3 Å². The van der Waals surface area contributed by atoms with Crippen LogP contribution in [-0.4, -0.2) is 159 Å². The average molecular weight is 853 g/mol. The Kier molecular flexibility index (Phi) is 54.6. The van der Waals surface area contributed by atoms with E-state index in [4.69, 9.17) is 82.4 Å². The molecule has 1 aromatic carbocycles. The van der Waals surface area contributed by atoms with Gasteiger partial charge in [-0.25, -0.2) is 0 Å². The van der Waals surface area contributed by atoms with Crippen molar-refractivity contribution >= 4 is 22.5 Å². The summed E-state index contributed by atoms with van der Waals surface area (Å²) in [5.74, 6) is 4.73. The Labute approximate surface area is 341 Å². The van der Waals surface area contributed by atoms with Crippen LogP contribution in [0.15, 0.2) is 44.5 Å². The first-order chi connectivity index (χ1) is 27.3. The van der Waals surface area contributed by atoms with Crippen molar-refractivity contribution < 1.29 is 55.6 Å². The van der Waals surface area contributed by atoms with Gasteiger partial charge in [0.05, 0.1) is 111 Å². The number of nitrogens with two attached hydrogens (primary N) is 1. The summed E-state index contributed by atoms with van der Waals surface area (Å²) < 4.78 is 68.6. The monoisotopic (exact) mass is 852 g/mol. The molecule has 0 heterocycles. The van der Waals surface area contributed by atoms with Gasteiger partial charge in [-0.3, -0.25) is 4.18 Å². The molecular weight excluding hydrogens is 796 g/mol. The third kappa shape index (κ3) is 52.1. The van der Waals surface area contributed by atoms with Crippen molar-refractivity contribution in [1.82, 2.24) is 0 Å². The van der Waals surface area contributed by atoms with Gasteiger partial charge in [0.1, 0.15) is 13.2 Å². The summed E-state index contributed by atoms with van der Waals surface area (Å²) >= 11 is 0. The Morgan fingerprint density at radius 1 is 0.614 bits per heavy atom. The standard InChI is InChI=1S/C11H15N3O4S.C9H15N3O3.C9H17NO3.C4H9N3O2.ClH/c1-10-2-4-11(5-3-10)19(15,16)18-9-8-17-7-6-13-14-12;1-2-4-13-6-8-15-9-7-14-5-3-11-12-10;1-2-4-11-6-8-13-9-7-12-5-3-10;5-7-6-1-3-9-4-2-8;/h2-5H,6-9H2,1H3;1H,3-9H2;1H,3-10H2;8H,1-4H2;1H. The number of ether oxygens (including phenoxy) is 8. The number of aliphatic hydroxyl groups excluding tert-OH is 1. The van der Waals surface area contributed by atoms with Crippen molar-refractivity contribution in [3.8, 4) is 24.7 Å². The van der Waals surface area contributed by atoms with Crippen LogP contribution in [0.3, 0.4) is 0 Å². The zero-order valence-corrected chi connectivity index (χ0v) is 34.0. The Hall–Kier alpha value is -3.93. The maximum atomic E-state index is 11.7. The van der Waals surface area contributed by atoms with E-state index in [0.29, 0.717) is 112 Å². The Balaban J connectivity index is -0.000000337. The van der Waals surface area contributed by atoms with Crippen molar-refractivity contribution in [2.24, 2.45) is 21.1 Å². The van der Waals surface area contributed by atoms with Crippen molar-refractivity contribution in [2.75, 3.05) is 145 Å². The molecular formula is C33H57ClN10O12S. The molecule has 0 aliphatic heterocycles. The third-order valence-corrected chi connectivity index (χ3v) is 6.66. The molecule has 1 aromatic rings. The highest BCUT2D eigenvalue weighted by Gasteiger charge is 2.14. The van der Waals surface area contributed by atoms with Gasteiger partial charge in [0.2, 0.25) is 0 Å². The Bertz CT molecular complexity index is 1370. The molecule has 3 N–H and O–H groups in total. The fourth-order valence-electron chi connectivity index (χ4n) is 2.92. The summed E-state index contributed by atoms with van der Waals surface area (Å²) in [6.45, 7) is 10.1. The smallest absolute Gasteiger partial charge is 0.297 e. The lowest BCUT2D eigenvalue weighted by atomic mass is 10.2. The highest BCUT2D eigenvalue weighted by molar-refractivity contribution is 7.86. The molecule has 0 spiro atoms. The molecule has 0 atom stereocenters. The number of benzene rings is 1. The SMILES string of the molecule is C#CCOCCOCCOCCN.C#CCOCCOCCOCCN=[N+]=[N-].Cc1ccc(S(=O)(=O)OCCOCCN=[N+]=[N-])cc1.Cl.[N-]=[N+]=NCCOCCO. The number of halogens is 1. The fraction of sp³-hybridized carbons (Fsp3) is 0.697. The lowest BCUT2D eigenvalue weighted by Crippen LogP contribution is -2.13. The summed E-state index contributed by atoms with van der Waals surface area (Å²) in [5, 5.41) is 18.0. The van der Waals surface area contributed by atoms with Gasteiger partial charge in [0, 0.05) is 40.9 Å². The first-order valence-corrected chi connectivity index (χ1v) is 18.5. The maximum absolute atomic E-state index is 11.7. The van der Waals surface area contributed by atoms with Crippen LogP contribution in [0.1, 0.15) is 5.56 Å². The Morgan fingerprint density at radius 3 is 1.33 bits per heavy atom. The Morgan fingerprint density at radius 2 is 0.965 bits per heavy atom. The number of rotatable bonds is 32. The van der Waals surface area contributed by atoms with E-state index in [1.165, 1.54) is 12.1 Å². The van der Waals surface area contributed by atoms with Gasteiger partial charge in [-0.05, 0) is 35.6 Å². The summed E-state index contributed by atoms with van der Waals surface area (Å²) in [6.07, 6.45) is 9.96. The second kappa shape index (κ2) is 52.1. The molecule has 0 fully saturated rings. The van der Waals surface area contributed by atoms with Crippen LogP contribution in [0.4, 0.5) is 0 Å². The molecule has 24 heteroatoms. The topological polar surface area (TPSA) is 310 Å². The highest BCUT2D eigenvalue weighted by Crippen LogP contribution is 2.12. The molecule has 0 aromatic heterocycles. The predicted octanol–water partition coefficient (Wildman–Crippen LogP) is 3.36. The molecule has 0 radical (unpaired) electrons. The van der Waals surface area contributed by atoms with Gasteiger partial charge in [-0.1, -0.05) is 44.9 Å². The van der Waals surface area contributed by atoms with Crippen molar-refractivity contribution in [2.45, 2.75) is 11.8 Å². The van der Waals surface area contributed by atoms with E-state index in [2.05, 4.69) is 41.9 Å². The predicted molar refractivity (Wildman–Crippen MR) is 214 cm³/mol. The fourth-order valence-corrected chi connectivity index (χ4v) is 3.81. The summed E-state index contributed by atoms with van der Waals surface area (Å²) in [6, 6.07) is 6.39. The van der Waals surface area contributed by atoms with Gasteiger partial charge in [0.25, 0.3) is 10.1 Å². The molecule has 57 heavy (non-hydrogen) atoms. The van der Waals surface area contributed by atoms with E-state index in [1.807, 2.05) is 6.92 Å². The molecule has 0 aliphatic rings. The van der Waals surface area contributed by atoms with Gasteiger partial charge in [0.15, 0.2) is 0 Å². The second-order valence-electron chi connectivity index (χ2n) is 9.65. The van der Waals surface area contributed by atoms with Gasteiger partial charge >= 0.3 is 0 Å². The van der Waals surface area contributed by atoms with Gasteiger partial charge in [-0.15, -0.1) is 25.3 Å². The summed E-state index contributed by atoms with van der Waals surface area (Å²) in [4.78, 5) is 7.78. The minimum atomic E-state index is -3.74. The zero-order valence-electron chi connectivity index (χ0n) is 32.4.